The van der Waals surface area contributed by atoms with Gasteiger partial charge in [0.05, 0.1) is 19.5 Å². The number of para-hydroxylation sites is 1. The summed E-state index contributed by atoms with van der Waals surface area (Å²) in [5, 5.41) is 72.1. The number of carboxylic acids is 1. The summed E-state index contributed by atoms with van der Waals surface area (Å²) in [5.74, 6) is -15.8. The van der Waals surface area contributed by atoms with Crippen molar-refractivity contribution in [1.82, 2.24) is 74.1 Å². The number of primary amides is 2. The molecular weight excluding hydrogens is 1600 g/mol. The average Bonchev–Trinajstić information content (AvgIpc) is 1.75. The SMILES string of the molecule is CC[C@H](C)[C@H](NC(=O)[C@H](CCSC)NC(=O)[C@H](CC(N)=O)NC(=O)[C@H](CCC(N)=O)NC(=O)[C@H](Cc1ccc(O)cc1)NC(=O)[C@H](Cc1c[nH]c2ccccc12)NC(=O)[C@H](CCCCN)NC(=O)CNC(=O)[C@H](Cc1ccc(O)cc1)NC(=O)[C@H](Cc1ccccc1)NC(=O)[C@H](Cc1ccccc1)NC(=O)CN)C(=O)N[C@@H](CCCNC(=N)N)C(=O)O. The monoisotopic (exact) mass is 1710 g/mol. The summed E-state index contributed by atoms with van der Waals surface area (Å²) in [6.07, 6.45) is 0.945. The van der Waals surface area contributed by atoms with Crippen molar-refractivity contribution in [3.05, 3.63) is 167 Å². The molecule has 0 saturated heterocycles. The number of carbonyl (C=O) groups is 15. The number of fused-ring (bicyclic) bond motifs is 1. The standard InChI is InChI=1S/C83H112N20O18S/c1-4-47(2)71(81(119)97-60(82(120)121)23-15-36-90-83(88)89)103-75(113)59(34-37-122-3)96-80(118)66(43-68(87)107)102-74(112)58(32-33-67(86)106)95-77(115)64(41-51-26-30-54(105)31-27-51)100-79(117)65(42-52-45-91-56-21-12-11-20-55(52)56)101-73(111)57(22-13-14-35-84)93-70(109)46-92-72(110)61(40-50-24-28-53(104)29-25-50)98-78(116)63(39-49-18-9-6-10-19-49)99-76(114)62(94-69(108)44-85)38-48-16-7-5-8-17-48/h5-12,16-21,24-31,45,47,57-66,71,91,104-105H,4,13-15,22-23,32-44,46,84-85H2,1-3H3,(H2,86,106)(H2,87,107)(H,92,110)(H,93,109)(H,94,108)(H,95,115)(H,96,118)(H,97,119)(H,98,116)(H,99,114)(H,100,117)(H,101,111)(H,102,112)(H,103,113)(H,120,121)(H4,88,89,90)/t47-,57-,58-,59-,60-,61-,62-,63-,64-,65-,66-,71-/m0/s1. The van der Waals surface area contributed by atoms with Gasteiger partial charge in [-0.2, -0.15) is 11.8 Å². The van der Waals surface area contributed by atoms with Crippen molar-refractivity contribution in [3.63, 3.8) is 0 Å². The Morgan fingerprint density at radius 2 is 0.852 bits per heavy atom. The smallest absolute Gasteiger partial charge is 0.326 e. The Morgan fingerprint density at radius 1 is 0.434 bits per heavy atom. The largest absolute Gasteiger partial charge is 0.508 e. The highest BCUT2D eigenvalue weighted by atomic mass is 32.2. The Bertz CT molecular complexity index is 4550. The van der Waals surface area contributed by atoms with Gasteiger partial charge in [-0.15, -0.1) is 0 Å². The molecule has 122 heavy (non-hydrogen) atoms. The minimum atomic E-state index is -1.91. The second-order valence-electron chi connectivity index (χ2n) is 29.3. The molecule has 1 heterocycles. The third kappa shape index (κ3) is 33.6. The summed E-state index contributed by atoms with van der Waals surface area (Å²) < 4.78 is 0. The fourth-order valence-electron chi connectivity index (χ4n) is 12.9. The van der Waals surface area contributed by atoms with Crippen LogP contribution in [0, 0.1) is 11.3 Å². The Kier molecular flexibility index (Phi) is 40.6. The molecule has 0 saturated carbocycles. The van der Waals surface area contributed by atoms with Crippen LogP contribution in [0.15, 0.2) is 140 Å². The summed E-state index contributed by atoms with van der Waals surface area (Å²) in [7, 11) is 0. The van der Waals surface area contributed by atoms with E-state index in [-0.39, 0.29) is 94.1 Å². The van der Waals surface area contributed by atoms with Gasteiger partial charge in [0, 0.05) is 62.2 Å². The van der Waals surface area contributed by atoms with Crippen LogP contribution in [0.25, 0.3) is 10.9 Å². The summed E-state index contributed by atoms with van der Waals surface area (Å²) in [4.78, 5) is 214. The van der Waals surface area contributed by atoms with Gasteiger partial charge in [0.1, 0.15) is 78.0 Å². The molecule has 0 unspecified atom stereocenters. The zero-order valence-corrected chi connectivity index (χ0v) is 68.9. The van der Waals surface area contributed by atoms with E-state index in [1.165, 1.54) is 60.3 Å². The number of hydrogen-bond acceptors (Lipinski definition) is 21. The fraction of sp³-hybridized carbons (Fsp3) is 0.422. The maximum Gasteiger partial charge on any atom is 0.326 e. The molecule has 0 aliphatic heterocycles. The topological polar surface area (TPSA) is 643 Å². The minimum absolute atomic E-state index is 0.0104. The summed E-state index contributed by atoms with van der Waals surface area (Å²) in [6, 6.07) is 18.6. The van der Waals surface area contributed by atoms with Crippen LogP contribution in [0.2, 0.25) is 0 Å². The van der Waals surface area contributed by atoms with Crippen molar-refractivity contribution in [2.45, 2.75) is 177 Å². The van der Waals surface area contributed by atoms with E-state index in [9.17, 15) is 72.9 Å². The van der Waals surface area contributed by atoms with Gasteiger partial charge >= 0.3 is 5.97 Å². The first-order chi connectivity index (χ1) is 58.3. The second-order valence-corrected chi connectivity index (χ2v) is 30.3. The van der Waals surface area contributed by atoms with Crippen LogP contribution in [-0.4, -0.2) is 220 Å². The number of carboxylic acid groups (broad SMARTS) is 1. The van der Waals surface area contributed by atoms with Gasteiger partial charge < -0.3 is 118 Å². The van der Waals surface area contributed by atoms with E-state index < -0.39 is 200 Å². The normalized spacial score (nSPS) is 14.0. The summed E-state index contributed by atoms with van der Waals surface area (Å²) in [5.41, 5.74) is 31.2. The van der Waals surface area contributed by atoms with Crippen LogP contribution in [-0.2, 0) is 104 Å². The molecule has 1 aromatic heterocycles. The second kappa shape index (κ2) is 50.7. The van der Waals surface area contributed by atoms with E-state index in [4.69, 9.17) is 34.1 Å². The highest BCUT2D eigenvalue weighted by Crippen LogP contribution is 2.22. The van der Waals surface area contributed by atoms with Crippen LogP contribution in [0.3, 0.4) is 0 Å². The molecule has 0 fully saturated rings. The number of guanidine groups is 1. The predicted octanol–water partition coefficient (Wildman–Crippen LogP) is -2.08. The van der Waals surface area contributed by atoms with Crippen LogP contribution >= 0.6 is 11.8 Å². The number of aromatic hydroxyl groups is 2. The number of rotatable bonds is 53. The number of amides is 14. The molecule has 5 aromatic carbocycles. The molecule has 0 aliphatic carbocycles. The number of aromatic nitrogens is 1. The number of phenols is 2. The highest BCUT2D eigenvalue weighted by molar-refractivity contribution is 7.98. The maximum atomic E-state index is 15.3. The van der Waals surface area contributed by atoms with Crippen molar-refractivity contribution in [2.75, 3.05) is 38.2 Å². The Morgan fingerprint density at radius 3 is 1.34 bits per heavy atom. The van der Waals surface area contributed by atoms with Crippen LogP contribution in [0.4, 0.5) is 0 Å². The van der Waals surface area contributed by atoms with Gasteiger partial charge in [0.15, 0.2) is 5.96 Å². The lowest BCUT2D eigenvalue weighted by molar-refractivity contribution is -0.143. The van der Waals surface area contributed by atoms with Crippen LogP contribution < -0.4 is 97.8 Å². The summed E-state index contributed by atoms with van der Waals surface area (Å²) in [6.45, 7) is 2.35. The number of aromatic amines is 1. The van der Waals surface area contributed by atoms with Gasteiger partial charge in [-0.05, 0) is 128 Å². The molecule has 28 N–H and O–H groups in total. The third-order valence-electron chi connectivity index (χ3n) is 19.8. The molecule has 14 amide bonds. The molecular formula is C83H112N20O18S. The molecule has 658 valence electrons. The number of unbranched alkanes of at least 4 members (excludes halogenated alkanes) is 1. The van der Waals surface area contributed by atoms with E-state index in [0.29, 0.717) is 51.6 Å². The van der Waals surface area contributed by atoms with E-state index in [2.05, 4.69) is 74.1 Å². The number of phenolic OH excluding ortho intramolecular Hbond substituents is 2. The molecule has 38 nitrogen and oxygen atoms in total. The first-order valence-corrected chi connectivity index (χ1v) is 41.2. The molecule has 12 atom stereocenters. The number of H-pyrrole nitrogens is 1. The summed E-state index contributed by atoms with van der Waals surface area (Å²) >= 11 is 1.27. The Balaban J connectivity index is 1.26. The lowest BCUT2D eigenvalue weighted by Crippen LogP contribution is -2.61. The lowest BCUT2D eigenvalue weighted by atomic mass is 9.97. The van der Waals surface area contributed by atoms with Crippen molar-refractivity contribution >= 4 is 117 Å². The van der Waals surface area contributed by atoms with Crippen molar-refractivity contribution in [3.8, 4) is 11.5 Å². The number of hydrogen-bond donors (Lipinski definition) is 23. The average molecular weight is 1710 g/mol. The fourth-order valence-corrected chi connectivity index (χ4v) is 13.4. The first kappa shape index (κ1) is 97.7. The van der Waals surface area contributed by atoms with Gasteiger partial charge in [0.2, 0.25) is 82.7 Å². The zero-order chi connectivity index (χ0) is 89.4. The molecule has 39 heteroatoms. The highest BCUT2D eigenvalue weighted by Gasteiger charge is 2.38. The number of thioether (sulfide) groups is 1. The van der Waals surface area contributed by atoms with E-state index in [1.807, 2.05) is 0 Å². The van der Waals surface area contributed by atoms with E-state index in [0.717, 1.165) is 0 Å². The van der Waals surface area contributed by atoms with Crippen molar-refractivity contribution in [2.24, 2.45) is 34.6 Å². The van der Waals surface area contributed by atoms with Crippen LogP contribution in [0.1, 0.15) is 106 Å². The predicted molar refractivity (Wildman–Crippen MR) is 454 cm³/mol. The quantitative estimate of drug-likeness (QED) is 0.0111. The number of aliphatic carboxylic acids is 1. The lowest BCUT2D eigenvalue weighted by Gasteiger charge is -2.29. The van der Waals surface area contributed by atoms with Gasteiger partial charge in [-0.3, -0.25) is 72.5 Å². The molecule has 0 bridgehead atoms. The molecule has 6 rings (SSSR count). The molecule has 0 radical (unpaired) electrons. The van der Waals surface area contributed by atoms with Crippen molar-refractivity contribution in [1.29, 1.82) is 5.41 Å². The van der Waals surface area contributed by atoms with Crippen LogP contribution in [0.5, 0.6) is 11.5 Å². The number of nitrogens with one attached hydrogen (secondary N) is 15. The minimum Gasteiger partial charge on any atom is -0.508 e. The van der Waals surface area contributed by atoms with Gasteiger partial charge in [-0.1, -0.05) is 123 Å². The maximum absolute atomic E-state index is 15.3. The van der Waals surface area contributed by atoms with E-state index in [1.54, 1.807) is 111 Å². The molecule has 6 aromatic rings. The first-order valence-electron chi connectivity index (χ1n) is 39.8. The third-order valence-corrected chi connectivity index (χ3v) is 20.4. The van der Waals surface area contributed by atoms with E-state index >= 15 is 14.4 Å². The number of nitrogens with two attached hydrogens (primary N) is 5. The zero-order valence-electron chi connectivity index (χ0n) is 68.1. The van der Waals surface area contributed by atoms with Gasteiger partial charge in [-0.25, -0.2) is 4.79 Å². The Hall–Kier alpha value is -13.2. The van der Waals surface area contributed by atoms with Gasteiger partial charge in [0.25, 0.3) is 0 Å². The number of carbonyl (C=O) groups excluding carboxylic acids is 14. The molecule has 0 spiro atoms. The Labute approximate surface area is 709 Å². The number of benzene rings is 5. The van der Waals surface area contributed by atoms with Crippen molar-refractivity contribution < 1.29 is 87.2 Å². The molecule has 0 aliphatic rings.